The standard InChI is InChI=1S/C10H16BrN3O2/c1-3-16-6-4-5-12-10(15)9-8(11)7-14(2)13-9/h7H,3-6H2,1-2H3,(H,12,15). The number of aryl methyl sites for hydroxylation is 1. The van der Waals surface area contributed by atoms with Crippen LogP contribution in [0.5, 0.6) is 0 Å². The Bertz CT molecular complexity index is 352. The summed E-state index contributed by atoms with van der Waals surface area (Å²) in [6.45, 7) is 3.92. The van der Waals surface area contributed by atoms with Crippen LogP contribution in [0.3, 0.4) is 0 Å². The lowest BCUT2D eigenvalue weighted by Crippen LogP contribution is -2.26. The highest BCUT2D eigenvalue weighted by atomic mass is 79.9. The molecule has 1 rings (SSSR count). The van der Waals surface area contributed by atoms with E-state index in [1.807, 2.05) is 6.92 Å². The van der Waals surface area contributed by atoms with Crippen molar-refractivity contribution in [2.45, 2.75) is 13.3 Å². The van der Waals surface area contributed by atoms with Gasteiger partial charge in [0.15, 0.2) is 5.69 Å². The number of hydrogen-bond acceptors (Lipinski definition) is 3. The van der Waals surface area contributed by atoms with Gasteiger partial charge in [-0.1, -0.05) is 0 Å². The maximum atomic E-state index is 11.7. The molecule has 16 heavy (non-hydrogen) atoms. The minimum Gasteiger partial charge on any atom is -0.382 e. The molecule has 1 N–H and O–H groups in total. The van der Waals surface area contributed by atoms with Gasteiger partial charge in [0.2, 0.25) is 0 Å². The molecule has 0 fully saturated rings. The highest BCUT2D eigenvalue weighted by Gasteiger charge is 2.13. The van der Waals surface area contributed by atoms with E-state index in [1.165, 1.54) is 0 Å². The zero-order valence-corrected chi connectivity index (χ0v) is 11.1. The third kappa shape index (κ3) is 3.94. The van der Waals surface area contributed by atoms with Crippen LogP contribution < -0.4 is 5.32 Å². The van der Waals surface area contributed by atoms with Crippen molar-refractivity contribution in [3.63, 3.8) is 0 Å². The first kappa shape index (κ1) is 13.2. The van der Waals surface area contributed by atoms with Gasteiger partial charge in [-0.05, 0) is 29.3 Å². The molecule has 5 nitrogen and oxygen atoms in total. The molecule has 1 aromatic heterocycles. The molecule has 0 atom stereocenters. The van der Waals surface area contributed by atoms with Crippen molar-refractivity contribution in [2.24, 2.45) is 7.05 Å². The van der Waals surface area contributed by atoms with Crippen molar-refractivity contribution >= 4 is 21.8 Å². The summed E-state index contributed by atoms with van der Waals surface area (Å²) < 4.78 is 7.47. The van der Waals surface area contributed by atoms with Crippen LogP contribution in [0.25, 0.3) is 0 Å². The minimum absolute atomic E-state index is 0.163. The van der Waals surface area contributed by atoms with Crippen LogP contribution in [0.2, 0.25) is 0 Å². The Morgan fingerprint density at radius 2 is 2.44 bits per heavy atom. The topological polar surface area (TPSA) is 56.1 Å². The van der Waals surface area contributed by atoms with E-state index in [1.54, 1.807) is 17.9 Å². The van der Waals surface area contributed by atoms with Crippen molar-refractivity contribution in [1.82, 2.24) is 15.1 Å². The van der Waals surface area contributed by atoms with Gasteiger partial charge in [-0.2, -0.15) is 5.10 Å². The molecule has 0 aliphatic carbocycles. The van der Waals surface area contributed by atoms with E-state index in [-0.39, 0.29) is 5.91 Å². The predicted octanol–water partition coefficient (Wildman–Crippen LogP) is 1.34. The molecule has 0 saturated carbocycles. The lowest BCUT2D eigenvalue weighted by molar-refractivity contribution is 0.0938. The Morgan fingerprint density at radius 3 is 3.00 bits per heavy atom. The van der Waals surface area contributed by atoms with Crippen LogP contribution in [-0.4, -0.2) is 35.4 Å². The first-order chi connectivity index (χ1) is 7.65. The Kier molecular flexibility index (Phi) is 5.48. The number of ether oxygens (including phenoxy) is 1. The number of carbonyl (C=O) groups is 1. The molecule has 0 aliphatic heterocycles. The fourth-order valence-corrected chi connectivity index (χ4v) is 1.77. The zero-order chi connectivity index (χ0) is 12.0. The molecular formula is C10H16BrN3O2. The molecular weight excluding hydrogens is 274 g/mol. The van der Waals surface area contributed by atoms with Crippen molar-refractivity contribution in [3.8, 4) is 0 Å². The van der Waals surface area contributed by atoms with Crippen LogP contribution in [0.1, 0.15) is 23.8 Å². The smallest absolute Gasteiger partial charge is 0.272 e. The predicted molar refractivity (Wildman–Crippen MR) is 64.4 cm³/mol. The average molecular weight is 290 g/mol. The van der Waals surface area contributed by atoms with Gasteiger partial charge in [0.05, 0.1) is 4.47 Å². The molecule has 0 aliphatic rings. The number of halogens is 1. The quantitative estimate of drug-likeness (QED) is 0.804. The average Bonchev–Trinajstić information content (AvgIpc) is 2.57. The van der Waals surface area contributed by atoms with Gasteiger partial charge in [-0.25, -0.2) is 0 Å². The highest BCUT2D eigenvalue weighted by Crippen LogP contribution is 2.13. The number of carbonyl (C=O) groups excluding carboxylic acids is 1. The van der Waals surface area contributed by atoms with Crippen molar-refractivity contribution in [2.75, 3.05) is 19.8 Å². The molecule has 1 amide bonds. The maximum absolute atomic E-state index is 11.7. The molecule has 90 valence electrons. The molecule has 0 unspecified atom stereocenters. The largest absolute Gasteiger partial charge is 0.382 e. The lowest BCUT2D eigenvalue weighted by atomic mass is 10.4. The summed E-state index contributed by atoms with van der Waals surface area (Å²) in [6, 6.07) is 0. The van der Waals surface area contributed by atoms with Gasteiger partial charge >= 0.3 is 0 Å². The Morgan fingerprint density at radius 1 is 1.69 bits per heavy atom. The Balaban J connectivity index is 2.33. The summed E-state index contributed by atoms with van der Waals surface area (Å²) in [4.78, 5) is 11.7. The molecule has 1 aromatic rings. The first-order valence-corrected chi connectivity index (χ1v) is 5.99. The van der Waals surface area contributed by atoms with Crippen molar-refractivity contribution in [1.29, 1.82) is 0 Å². The van der Waals surface area contributed by atoms with Gasteiger partial charge in [0, 0.05) is 33.0 Å². The first-order valence-electron chi connectivity index (χ1n) is 5.20. The molecule has 0 bridgehead atoms. The van der Waals surface area contributed by atoms with E-state index < -0.39 is 0 Å². The summed E-state index contributed by atoms with van der Waals surface area (Å²) in [7, 11) is 1.77. The molecule has 6 heteroatoms. The number of amides is 1. The van der Waals surface area contributed by atoms with Crippen molar-refractivity contribution in [3.05, 3.63) is 16.4 Å². The number of nitrogens with zero attached hydrogens (tertiary/aromatic N) is 2. The summed E-state index contributed by atoms with van der Waals surface area (Å²) in [5.74, 6) is -0.163. The minimum atomic E-state index is -0.163. The van der Waals surface area contributed by atoms with E-state index in [4.69, 9.17) is 4.74 Å². The van der Waals surface area contributed by atoms with E-state index in [9.17, 15) is 4.79 Å². The summed E-state index contributed by atoms with van der Waals surface area (Å²) in [5.41, 5.74) is 0.416. The van der Waals surface area contributed by atoms with Crippen LogP contribution in [0, 0.1) is 0 Å². The number of hydrogen-bond donors (Lipinski definition) is 1. The van der Waals surface area contributed by atoms with E-state index >= 15 is 0 Å². The van der Waals surface area contributed by atoms with Gasteiger partial charge < -0.3 is 10.1 Å². The number of nitrogens with one attached hydrogen (secondary N) is 1. The molecule has 0 radical (unpaired) electrons. The van der Waals surface area contributed by atoms with Crippen LogP contribution >= 0.6 is 15.9 Å². The summed E-state index contributed by atoms with van der Waals surface area (Å²) in [5, 5.41) is 6.84. The Labute approximate surface area is 103 Å². The Hall–Kier alpha value is -0.880. The van der Waals surface area contributed by atoms with E-state index in [0.29, 0.717) is 29.9 Å². The highest BCUT2D eigenvalue weighted by molar-refractivity contribution is 9.10. The second-order valence-corrected chi connectivity index (χ2v) is 4.16. The number of rotatable bonds is 6. The van der Waals surface area contributed by atoms with Gasteiger partial charge in [-0.3, -0.25) is 9.48 Å². The number of aromatic nitrogens is 2. The molecule has 1 heterocycles. The van der Waals surface area contributed by atoms with E-state index in [2.05, 4.69) is 26.3 Å². The van der Waals surface area contributed by atoms with Gasteiger partial charge in [-0.15, -0.1) is 0 Å². The normalized spacial score (nSPS) is 10.4. The molecule has 0 saturated heterocycles. The van der Waals surface area contributed by atoms with Crippen LogP contribution in [0.4, 0.5) is 0 Å². The maximum Gasteiger partial charge on any atom is 0.272 e. The molecule has 0 aromatic carbocycles. The SMILES string of the molecule is CCOCCCNC(=O)c1nn(C)cc1Br. The fourth-order valence-electron chi connectivity index (χ4n) is 1.22. The van der Waals surface area contributed by atoms with Crippen LogP contribution in [-0.2, 0) is 11.8 Å². The van der Waals surface area contributed by atoms with Crippen LogP contribution in [0.15, 0.2) is 10.7 Å². The summed E-state index contributed by atoms with van der Waals surface area (Å²) in [6.07, 6.45) is 2.55. The van der Waals surface area contributed by atoms with Gasteiger partial charge in [0.1, 0.15) is 0 Å². The van der Waals surface area contributed by atoms with E-state index in [0.717, 1.165) is 6.42 Å². The fraction of sp³-hybridized carbons (Fsp3) is 0.600. The monoisotopic (exact) mass is 289 g/mol. The van der Waals surface area contributed by atoms with Crippen molar-refractivity contribution < 1.29 is 9.53 Å². The van der Waals surface area contributed by atoms with Gasteiger partial charge in [0.25, 0.3) is 5.91 Å². The summed E-state index contributed by atoms with van der Waals surface area (Å²) >= 11 is 3.28. The third-order valence-electron chi connectivity index (χ3n) is 1.95. The third-order valence-corrected chi connectivity index (χ3v) is 2.53. The molecule has 0 spiro atoms. The zero-order valence-electron chi connectivity index (χ0n) is 9.49. The second kappa shape index (κ2) is 6.65. The second-order valence-electron chi connectivity index (χ2n) is 3.31. The lowest BCUT2D eigenvalue weighted by Gasteiger charge is -2.03.